The van der Waals surface area contributed by atoms with Gasteiger partial charge in [0.15, 0.2) is 0 Å². The molecule has 1 aliphatic rings. The van der Waals surface area contributed by atoms with Gasteiger partial charge in [-0.2, -0.15) is 0 Å². The molecule has 4 rings (SSSR count). The average Bonchev–Trinajstić information content (AvgIpc) is 2.64. The maximum absolute atomic E-state index is 9.95. The Balaban J connectivity index is 2.32. The van der Waals surface area contributed by atoms with E-state index in [1.807, 2.05) is 12.1 Å². The van der Waals surface area contributed by atoms with Crippen molar-refractivity contribution in [1.29, 1.82) is 0 Å². The molecule has 0 spiro atoms. The molecule has 0 amide bonds. The van der Waals surface area contributed by atoms with Crippen molar-refractivity contribution in [3.05, 3.63) is 45.9 Å². The maximum atomic E-state index is 9.95. The van der Waals surface area contributed by atoms with E-state index in [0.717, 1.165) is 16.3 Å². The Labute approximate surface area is 119 Å². The second kappa shape index (κ2) is 3.64. The van der Waals surface area contributed by atoms with Gasteiger partial charge in [0.2, 0.25) is 0 Å². The van der Waals surface area contributed by atoms with Crippen LogP contribution in [0.4, 0.5) is 0 Å². The molecule has 0 unspecified atom stereocenters. The Hall–Kier alpha value is -1.74. The maximum Gasteiger partial charge on any atom is 0.116 e. The summed E-state index contributed by atoms with van der Waals surface area (Å²) >= 11 is 3.53. The Morgan fingerprint density at radius 1 is 1.16 bits per heavy atom. The lowest BCUT2D eigenvalue weighted by Gasteiger charge is -2.14. The van der Waals surface area contributed by atoms with Crippen LogP contribution in [0.2, 0.25) is 0 Å². The zero-order chi connectivity index (χ0) is 13.1. The van der Waals surface area contributed by atoms with Crippen LogP contribution < -0.4 is 0 Å². The van der Waals surface area contributed by atoms with Crippen molar-refractivity contribution in [3.8, 4) is 5.75 Å². The minimum atomic E-state index is 0.344. The lowest BCUT2D eigenvalue weighted by atomic mass is 10.0. The number of aromatic hydroxyl groups is 1. The van der Waals surface area contributed by atoms with Crippen molar-refractivity contribution in [3.63, 3.8) is 0 Å². The number of nitrogens with zero attached hydrogens (tertiary/aromatic N) is 1. The van der Waals surface area contributed by atoms with E-state index in [9.17, 15) is 5.11 Å². The van der Waals surface area contributed by atoms with E-state index in [2.05, 4.69) is 51.8 Å². The molecule has 94 valence electrons. The van der Waals surface area contributed by atoms with Gasteiger partial charge in [-0.1, -0.05) is 21.5 Å². The Kier molecular flexibility index (Phi) is 2.13. The molecule has 3 heteroatoms. The molecular formula is C16H12BrNO. The average molecular weight is 314 g/mol. The summed E-state index contributed by atoms with van der Waals surface area (Å²) < 4.78 is 3.30. The lowest BCUT2D eigenvalue weighted by Crippen LogP contribution is -2.00. The van der Waals surface area contributed by atoms with Gasteiger partial charge in [0.25, 0.3) is 0 Å². The number of hydrogen-bond donors (Lipinski definition) is 1. The zero-order valence-corrected chi connectivity index (χ0v) is 12.0. The molecule has 0 fully saturated rings. The zero-order valence-electron chi connectivity index (χ0n) is 10.4. The van der Waals surface area contributed by atoms with Crippen LogP contribution in [-0.4, -0.2) is 9.67 Å². The van der Waals surface area contributed by atoms with Gasteiger partial charge in [0.1, 0.15) is 5.75 Å². The molecule has 0 saturated carbocycles. The molecule has 0 atom stereocenters. The normalized spacial score (nSPS) is 14.1. The molecule has 1 aliphatic heterocycles. The van der Waals surface area contributed by atoms with Crippen LogP contribution in [-0.2, 0) is 6.42 Å². The molecule has 2 aromatic carbocycles. The van der Waals surface area contributed by atoms with Gasteiger partial charge in [-0.15, -0.1) is 0 Å². The quantitative estimate of drug-likeness (QED) is 0.640. The Morgan fingerprint density at radius 3 is 2.84 bits per heavy atom. The first kappa shape index (κ1) is 11.1. The predicted molar refractivity (Wildman–Crippen MR) is 82.5 cm³/mol. The Bertz CT molecular complexity index is 873. The van der Waals surface area contributed by atoms with Crippen molar-refractivity contribution in [2.45, 2.75) is 13.3 Å². The molecule has 2 nitrogen and oxygen atoms in total. The summed E-state index contributed by atoms with van der Waals surface area (Å²) in [6, 6.07) is 10.0. The van der Waals surface area contributed by atoms with Gasteiger partial charge < -0.3 is 9.67 Å². The van der Waals surface area contributed by atoms with E-state index >= 15 is 0 Å². The minimum absolute atomic E-state index is 0.344. The smallest absolute Gasteiger partial charge is 0.116 e. The van der Waals surface area contributed by atoms with E-state index < -0.39 is 0 Å². The van der Waals surface area contributed by atoms with Crippen LogP contribution in [0, 0.1) is 0 Å². The first-order chi connectivity index (χ1) is 9.13. The van der Waals surface area contributed by atoms with E-state index in [-0.39, 0.29) is 0 Å². The van der Waals surface area contributed by atoms with Crippen molar-refractivity contribution < 1.29 is 5.11 Å². The third-order valence-electron chi connectivity index (χ3n) is 3.74. The van der Waals surface area contributed by atoms with E-state index in [4.69, 9.17) is 0 Å². The number of phenolic OH excluding ortho intramolecular Hbond substituents is 1. The van der Waals surface area contributed by atoms with E-state index in [0.29, 0.717) is 5.75 Å². The number of fused-ring (bicyclic) bond motifs is 3. The van der Waals surface area contributed by atoms with Gasteiger partial charge >= 0.3 is 0 Å². The largest absolute Gasteiger partial charge is 0.508 e. The van der Waals surface area contributed by atoms with Gasteiger partial charge in [0, 0.05) is 21.4 Å². The fraction of sp³-hybridized carbons (Fsp3) is 0.125. The monoisotopic (exact) mass is 313 g/mol. The Morgan fingerprint density at radius 2 is 2.00 bits per heavy atom. The first-order valence-corrected chi connectivity index (χ1v) is 7.05. The number of allylic oxidation sites excluding steroid dienone is 1. The molecule has 19 heavy (non-hydrogen) atoms. The molecule has 0 aliphatic carbocycles. The summed E-state index contributed by atoms with van der Waals surface area (Å²) in [4.78, 5) is 0. The summed E-state index contributed by atoms with van der Waals surface area (Å²) in [5.41, 5.74) is 4.91. The van der Waals surface area contributed by atoms with Crippen LogP contribution in [0.1, 0.15) is 12.5 Å². The highest BCUT2D eigenvalue weighted by atomic mass is 79.9. The molecule has 0 radical (unpaired) electrons. The van der Waals surface area contributed by atoms with Crippen molar-refractivity contribution in [2.75, 3.05) is 0 Å². The molecule has 1 N–H and O–H groups in total. The van der Waals surface area contributed by atoms with Crippen LogP contribution in [0.25, 0.3) is 28.0 Å². The topological polar surface area (TPSA) is 25.2 Å². The highest BCUT2D eigenvalue weighted by Gasteiger charge is 2.18. The van der Waals surface area contributed by atoms with Gasteiger partial charge in [-0.05, 0) is 49.2 Å². The van der Waals surface area contributed by atoms with Gasteiger partial charge in [0.05, 0.1) is 11.0 Å². The van der Waals surface area contributed by atoms with Crippen LogP contribution in [0.5, 0.6) is 5.75 Å². The fourth-order valence-corrected chi connectivity index (χ4v) is 3.42. The van der Waals surface area contributed by atoms with Crippen LogP contribution >= 0.6 is 15.9 Å². The first-order valence-electron chi connectivity index (χ1n) is 6.26. The SMILES string of the molecule is CC1=Cn2c3ccc(Br)cc3c3cc(O)cc(c32)C1. The molecule has 3 aromatic rings. The standard InChI is InChI=1S/C16H12BrNO/c1-9-4-10-5-12(19)7-14-13-6-11(17)2-3-15(13)18(8-9)16(10)14/h2-3,5-8,19H,4H2,1H3. The molecule has 0 bridgehead atoms. The molecule has 1 aromatic heterocycles. The van der Waals surface area contributed by atoms with Crippen LogP contribution in [0.15, 0.2) is 40.4 Å². The highest BCUT2D eigenvalue weighted by molar-refractivity contribution is 9.10. The number of aromatic nitrogens is 1. The minimum Gasteiger partial charge on any atom is -0.508 e. The number of rotatable bonds is 0. The van der Waals surface area contributed by atoms with Gasteiger partial charge in [-0.25, -0.2) is 0 Å². The number of phenols is 1. The van der Waals surface area contributed by atoms with Crippen molar-refractivity contribution in [2.24, 2.45) is 0 Å². The summed E-state index contributed by atoms with van der Waals surface area (Å²) in [6.45, 7) is 2.13. The number of halogens is 1. The van der Waals surface area contributed by atoms with Crippen LogP contribution in [0.3, 0.4) is 0 Å². The summed E-state index contributed by atoms with van der Waals surface area (Å²) in [7, 11) is 0. The summed E-state index contributed by atoms with van der Waals surface area (Å²) in [6.07, 6.45) is 3.10. The highest BCUT2D eigenvalue weighted by Crippen LogP contribution is 2.38. The predicted octanol–water partition coefficient (Wildman–Crippen LogP) is 4.68. The fourth-order valence-electron chi connectivity index (χ4n) is 3.06. The number of hydrogen-bond acceptors (Lipinski definition) is 1. The van der Waals surface area contributed by atoms with Crippen molar-refractivity contribution >= 4 is 43.9 Å². The lowest BCUT2D eigenvalue weighted by molar-refractivity contribution is 0.475. The molecular weight excluding hydrogens is 302 g/mol. The van der Waals surface area contributed by atoms with E-state index in [1.165, 1.54) is 27.6 Å². The third-order valence-corrected chi connectivity index (χ3v) is 4.23. The summed E-state index contributed by atoms with van der Waals surface area (Å²) in [5, 5.41) is 12.2. The van der Waals surface area contributed by atoms with Crippen molar-refractivity contribution in [1.82, 2.24) is 4.57 Å². The second-order valence-corrected chi connectivity index (χ2v) is 6.10. The van der Waals surface area contributed by atoms with Gasteiger partial charge in [-0.3, -0.25) is 0 Å². The van der Waals surface area contributed by atoms with E-state index in [1.54, 1.807) is 0 Å². The molecule has 2 heterocycles. The third kappa shape index (κ3) is 1.48. The summed E-state index contributed by atoms with van der Waals surface area (Å²) in [5.74, 6) is 0.344. The number of benzene rings is 2. The molecule has 0 saturated heterocycles. The second-order valence-electron chi connectivity index (χ2n) is 5.18.